The smallest absolute Gasteiger partial charge is 0.143 e. The van der Waals surface area contributed by atoms with Crippen molar-refractivity contribution in [2.45, 2.75) is 26.2 Å². The standard InChI is InChI=1S/C14H22N2O/c1-3-11-6-8-16(9-7-11)12-4-5-13(15)14(10-12)17-2/h4-5,10-11H,3,6-9,15H2,1-2H3. The lowest BCUT2D eigenvalue weighted by Gasteiger charge is -2.33. The molecule has 0 aliphatic carbocycles. The maximum Gasteiger partial charge on any atom is 0.143 e. The first-order valence-electron chi connectivity index (χ1n) is 6.43. The minimum Gasteiger partial charge on any atom is -0.495 e. The highest BCUT2D eigenvalue weighted by Crippen LogP contribution is 2.30. The second-order valence-corrected chi connectivity index (χ2v) is 4.76. The van der Waals surface area contributed by atoms with E-state index in [2.05, 4.69) is 17.9 Å². The molecule has 2 rings (SSSR count). The molecular weight excluding hydrogens is 212 g/mol. The summed E-state index contributed by atoms with van der Waals surface area (Å²) in [5.41, 5.74) is 7.77. The molecular formula is C14H22N2O. The molecule has 0 spiro atoms. The summed E-state index contributed by atoms with van der Waals surface area (Å²) in [6.45, 7) is 4.57. The largest absolute Gasteiger partial charge is 0.495 e. The van der Waals surface area contributed by atoms with Crippen LogP contribution >= 0.6 is 0 Å². The van der Waals surface area contributed by atoms with Crippen molar-refractivity contribution < 1.29 is 4.74 Å². The van der Waals surface area contributed by atoms with Gasteiger partial charge >= 0.3 is 0 Å². The predicted molar refractivity (Wildman–Crippen MR) is 72.6 cm³/mol. The van der Waals surface area contributed by atoms with Crippen LogP contribution in [0.5, 0.6) is 5.75 Å². The number of nitrogen functional groups attached to an aromatic ring is 1. The molecule has 1 aliphatic rings. The number of methoxy groups -OCH3 is 1. The number of nitrogens with two attached hydrogens (primary N) is 1. The number of anilines is 2. The minimum atomic E-state index is 0.708. The fourth-order valence-corrected chi connectivity index (χ4v) is 2.50. The van der Waals surface area contributed by atoms with Gasteiger partial charge in [-0.3, -0.25) is 0 Å². The SMILES string of the molecule is CCC1CCN(c2ccc(N)c(OC)c2)CC1. The zero-order valence-corrected chi connectivity index (χ0v) is 10.8. The molecule has 17 heavy (non-hydrogen) atoms. The van der Waals surface area contributed by atoms with E-state index in [1.807, 2.05) is 12.1 Å². The molecule has 0 radical (unpaired) electrons. The van der Waals surface area contributed by atoms with Crippen molar-refractivity contribution in [1.82, 2.24) is 0 Å². The Kier molecular flexibility index (Phi) is 3.77. The van der Waals surface area contributed by atoms with Crippen molar-refractivity contribution in [2.75, 3.05) is 30.8 Å². The van der Waals surface area contributed by atoms with Crippen LogP contribution in [0.4, 0.5) is 11.4 Å². The van der Waals surface area contributed by atoms with E-state index in [0.29, 0.717) is 5.69 Å². The molecule has 3 heteroatoms. The Morgan fingerprint density at radius 3 is 2.65 bits per heavy atom. The number of hydrogen-bond donors (Lipinski definition) is 1. The Labute approximate surface area is 104 Å². The first-order chi connectivity index (χ1) is 8.24. The van der Waals surface area contributed by atoms with Crippen molar-refractivity contribution >= 4 is 11.4 Å². The Morgan fingerprint density at radius 1 is 1.35 bits per heavy atom. The van der Waals surface area contributed by atoms with E-state index >= 15 is 0 Å². The van der Waals surface area contributed by atoms with Gasteiger partial charge in [-0.15, -0.1) is 0 Å². The van der Waals surface area contributed by atoms with Gasteiger partial charge in [-0.2, -0.15) is 0 Å². The van der Waals surface area contributed by atoms with Crippen LogP contribution < -0.4 is 15.4 Å². The number of nitrogens with zero attached hydrogens (tertiary/aromatic N) is 1. The molecule has 0 aromatic heterocycles. The average molecular weight is 234 g/mol. The summed E-state index contributed by atoms with van der Waals surface area (Å²) in [6.07, 6.45) is 3.89. The Bertz CT molecular complexity index is 370. The molecule has 1 fully saturated rings. The van der Waals surface area contributed by atoms with Crippen LogP contribution in [0.15, 0.2) is 18.2 Å². The van der Waals surface area contributed by atoms with Crippen LogP contribution in [0.2, 0.25) is 0 Å². The number of piperidine rings is 1. The third kappa shape index (κ3) is 2.65. The molecule has 0 atom stereocenters. The lowest BCUT2D eigenvalue weighted by molar-refractivity contribution is 0.393. The Morgan fingerprint density at radius 2 is 2.06 bits per heavy atom. The van der Waals surface area contributed by atoms with Crippen molar-refractivity contribution in [3.63, 3.8) is 0 Å². The molecule has 0 saturated carbocycles. The van der Waals surface area contributed by atoms with Gasteiger partial charge in [0.15, 0.2) is 0 Å². The van der Waals surface area contributed by atoms with Gasteiger partial charge in [0.05, 0.1) is 12.8 Å². The van der Waals surface area contributed by atoms with Gasteiger partial charge < -0.3 is 15.4 Å². The van der Waals surface area contributed by atoms with E-state index < -0.39 is 0 Å². The van der Waals surface area contributed by atoms with Crippen molar-refractivity contribution in [2.24, 2.45) is 5.92 Å². The lowest BCUT2D eigenvalue weighted by atomic mass is 9.94. The highest BCUT2D eigenvalue weighted by molar-refractivity contribution is 5.62. The second kappa shape index (κ2) is 5.30. The summed E-state index contributed by atoms with van der Waals surface area (Å²) in [4.78, 5) is 2.42. The van der Waals surface area contributed by atoms with Gasteiger partial charge in [0.25, 0.3) is 0 Å². The molecule has 0 bridgehead atoms. The van der Waals surface area contributed by atoms with E-state index in [-0.39, 0.29) is 0 Å². The van der Waals surface area contributed by atoms with Gasteiger partial charge in [-0.05, 0) is 30.9 Å². The van der Waals surface area contributed by atoms with Gasteiger partial charge in [-0.25, -0.2) is 0 Å². The van der Waals surface area contributed by atoms with Crippen molar-refractivity contribution in [1.29, 1.82) is 0 Å². The molecule has 1 aromatic rings. The predicted octanol–water partition coefficient (Wildman–Crippen LogP) is 2.90. The fourth-order valence-electron chi connectivity index (χ4n) is 2.50. The Hall–Kier alpha value is -1.38. The normalized spacial score (nSPS) is 17.2. The van der Waals surface area contributed by atoms with Gasteiger partial charge in [0.1, 0.15) is 5.75 Å². The van der Waals surface area contributed by atoms with Gasteiger partial charge in [0, 0.05) is 24.8 Å². The van der Waals surface area contributed by atoms with Crippen molar-refractivity contribution in [3.05, 3.63) is 18.2 Å². The third-order valence-corrected chi connectivity index (χ3v) is 3.77. The van der Waals surface area contributed by atoms with E-state index in [4.69, 9.17) is 10.5 Å². The first kappa shape index (κ1) is 12.1. The van der Waals surface area contributed by atoms with Crippen LogP contribution in [-0.2, 0) is 0 Å². The van der Waals surface area contributed by atoms with Crippen LogP contribution in [0, 0.1) is 5.92 Å². The summed E-state index contributed by atoms with van der Waals surface area (Å²) in [5, 5.41) is 0. The summed E-state index contributed by atoms with van der Waals surface area (Å²) in [5.74, 6) is 1.68. The maximum absolute atomic E-state index is 5.83. The molecule has 0 unspecified atom stereocenters. The molecule has 2 N–H and O–H groups in total. The lowest BCUT2D eigenvalue weighted by Crippen LogP contribution is -2.33. The van der Waals surface area contributed by atoms with Crippen molar-refractivity contribution in [3.8, 4) is 5.75 Å². The zero-order valence-electron chi connectivity index (χ0n) is 10.8. The topological polar surface area (TPSA) is 38.5 Å². The second-order valence-electron chi connectivity index (χ2n) is 4.76. The van der Waals surface area contributed by atoms with Crippen LogP contribution in [0.1, 0.15) is 26.2 Å². The quantitative estimate of drug-likeness (QED) is 0.817. The average Bonchev–Trinajstić information content (AvgIpc) is 2.39. The monoisotopic (exact) mass is 234 g/mol. The fraction of sp³-hybridized carbons (Fsp3) is 0.571. The van der Waals surface area contributed by atoms with Gasteiger partial charge in [0.2, 0.25) is 0 Å². The minimum absolute atomic E-state index is 0.708. The van der Waals surface area contributed by atoms with Gasteiger partial charge in [-0.1, -0.05) is 13.3 Å². The zero-order chi connectivity index (χ0) is 12.3. The van der Waals surface area contributed by atoms with E-state index in [1.165, 1.54) is 24.9 Å². The highest BCUT2D eigenvalue weighted by atomic mass is 16.5. The van der Waals surface area contributed by atoms with E-state index in [9.17, 15) is 0 Å². The Balaban J connectivity index is 2.08. The first-order valence-corrected chi connectivity index (χ1v) is 6.43. The molecule has 3 nitrogen and oxygen atoms in total. The molecule has 1 aromatic carbocycles. The summed E-state index contributed by atoms with van der Waals surface area (Å²) in [7, 11) is 1.67. The highest BCUT2D eigenvalue weighted by Gasteiger charge is 2.18. The number of rotatable bonds is 3. The molecule has 1 aliphatic heterocycles. The maximum atomic E-state index is 5.83. The van der Waals surface area contributed by atoms with Crippen LogP contribution in [-0.4, -0.2) is 20.2 Å². The van der Waals surface area contributed by atoms with E-state index in [0.717, 1.165) is 24.8 Å². The molecule has 1 saturated heterocycles. The van der Waals surface area contributed by atoms with Crippen LogP contribution in [0.3, 0.4) is 0 Å². The number of hydrogen-bond acceptors (Lipinski definition) is 3. The molecule has 1 heterocycles. The summed E-state index contributed by atoms with van der Waals surface area (Å²) >= 11 is 0. The van der Waals surface area contributed by atoms with E-state index in [1.54, 1.807) is 7.11 Å². The summed E-state index contributed by atoms with van der Waals surface area (Å²) in [6, 6.07) is 6.06. The molecule has 0 amide bonds. The summed E-state index contributed by atoms with van der Waals surface area (Å²) < 4.78 is 5.27. The van der Waals surface area contributed by atoms with Crippen LogP contribution in [0.25, 0.3) is 0 Å². The molecule has 94 valence electrons. The third-order valence-electron chi connectivity index (χ3n) is 3.77. The number of benzene rings is 1. The number of ether oxygens (including phenoxy) is 1.